The van der Waals surface area contributed by atoms with Crippen molar-refractivity contribution in [3.05, 3.63) is 36.4 Å². The molecule has 0 aromatic carbocycles. The van der Waals surface area contributed by atoms with E-state index in [-0.39, 0.29) is 25.7 Å². The van der Waals surface area contributed by atoms with Gasteiger partial charge in [-0.1, -0.05) is 0 Å². The fourth-order valence-corrected chi connectivity index (χ4v) is 3.05. The number of carboxylic acid groups (broad SMARTS) is 1. The summed E-state index contributed by atoms with van der Waals surface area (Å²) in [5, 5.41) is 16.7. The maximum atomic E-state index is 12.8. The molecule has 4 atom stereocenters. The van der Waals surface area contributed by atoms with Crippen LogP contribution in [-0.4, -0.2) is 78.8 Å². The summed E-state index contributed by atoms with van der Waals surface area (Å²) < 4.78 is 0. The van der Waals surface area contributed by atoms with Gasteiger partial charge in [0.05, 0.1) is 18.7 Å². The van der Waals surface area contributed by atoms with E-state index in [4.69, 9.17) is 11.5 Å². The van der Waals surface area contributed by atoms with Crippen molar-refractivity contribution in [1.29, 1.82) is 0 Å². The van der Waals surface area contributed by atoms with Crippen LogP contribution >= 0.6 is 0 Å². The topological polar surface area (TPSA) is 251 Å². The molecule has 0 aliphatic carbocycles. The van der Waals surface area contributed by atoms with Crippen LogP contribution in [0.1, 0.15) is 31.2 Å². The average molecular weight is 492 g/mol. The zero-order chi connectivity index (χ0) is 26.0. The second kappa shape index (κ2) is 12.8. The highest BCUT2D eigenvalue weighted by molar-refractivity contribution is 5.94. The van der Waals surface area contributed by atoms with Crippen LogP contribution in [0.4, 0.5) is 0 Å². The van der Waals surface area contributed by atoms with E-state index in [9.17, 15) is 29.1 Å². The number of carboxylic acids is 1. The summed E-state index contributed by atoms with van der Waals surface area (Å²) in [6, 6.07) is -4.65. The minimum Gasteiger partial charge on any atom is -0.480 e. The minimum atomic E-state index is -1.33. The number of hydrogen-bond donors (Lipinski definition) is 8. The van der Waals surface area contributed by atoms with Gasteiger partial charge < -0.3 is 42.5 Å². The zero-order valence-corrected chi connectivity index (χ0v) is 19.0. The molecule has 35 heavy (non-hydrogen) atoms. The second-order valence-electron chi connectivity index (χ2n) is 7.86. The first-order chi connectivity index (χ1) is 16.6. The number of aliphatic carboxylic acids is 1. The number of hydrogen-bond acceptors (Lipinski definition) is 8. The van der Waals surface area contributed by atoms with Crippen LogP contribution < -0.4 is 27.4 Å². The van der Waals surface area contributed by atoms with Gasteiger partial charge in [-0.3, -0.25) is 19.2 Å². The van der Waals surface area contributed by atoms with E-state index in [1.54, 1.807) is 0 Å². The largest absolute Gasteiger partial charge is 0.480 e. The molecule has 0 fully saturated rings. The Kier molecular flexibility index (Phi) is 9.89. The molecule has 4 unspecified atom stereocenters. The number of nitrogens with zero attached hydrogens (tertiary/aromatic N) is 2. The van der Waals surface area contributed by atoms with Crippen molar-refractivity contribution in [3.63, 3.8) is 0 Å². The van der Waals surface area contributed by atoms with E-state index in [0.717, 1.165) is 0 Å². The smallest absolute Gasteiger partial charge is 0.326 e. The number of nitrogens with two attached hydrogens (primary N) is 2. The van der Waals surface area contributed by atoms with Crippen LogP contribution in [0.2, 0.25) is 0 Å². The van der Waals surface area contributed by atoms with Gasteiger partial charge in [0, 0.05) is 43.0 Å². The van der Waals surface area contributed by atoms with Crippen molar-refractivity contribution in [2.45, 2.75) is 56.8 Å². The van der Waals surface area contributed by atoms with E-state index in [0.29, 0.717) is 11.4 Å². The lowest BCUT2D eigenvalue weighted by Gasteiger charge is -2.23. The Morgan fingerprint density at radius 2 is 1.49 bits per heavy atom. The normalized spacial score (nSPS) is 14.2. The van der Waals surface area contributed by atoms with Crippen molar-refractivity contribution in [2.75, 3.05) is 0 Å². The summed E-state index contributed by atoms with van der Waals surface area (Å²) in [6.45, 7) is 1.39. The molecule has 15 nitrogen and oxygen atoms in total. The molecule has 0 spiro atoms. The average Bonchev–Trinajstić information content (AvgIpc) is 3.49. The SMILES string of the molecule is CC(NC(=O)C(N)Cc1cnc[nH]1)C(=O)NC(CCC(N)=O)C(=O)NC(Cc1cnc[nH]1)C(=O)O. The van der Waals surface area contributed by atoms with Crippen LogP contribution in [0.3, 0.4) is 0 Å². The van der Waals surface area contributed by atoms with E-state index in [1.807, 2.05) is 0 Å². The highest BCUT2D eigenvalue weighted by atomic mass is 16.4. The van der Waals surface area contributed by atoms with Gasteiger partial charge in [0.1, 0.15) is 18.1 Å². The van der Waals surface area contributed by atoms with E-state index < -0.39 is 53.8 Å². The summed E-state index contributed by atoms with van der Waals surface area (Å²) in [6.07, 6.45) is 5.39. The molecule has 0 aliphatic rings. The van der Waals surface area contributed by atoms with Gasteiger partial charge in [-0.05, 0) is 13.3 Å². The number of carbonyl (C=O) groups excluding carboxylic acids is 4. The zero-order valence-electron chi connectivity index (χ0n) is 19.0. The highest BCUT2D eigenvalue weighted by Crippen LogP contribution is 2.04. The molecule has 0 saturated heterocycles. The van der Waals surface area contributed by atoms with Gasteiger partial charge in [-0.25, -0.2) is 14.8 Å². The minimum absolute atomic E-state index is 0.0851. The molecule has 2 aromatic rings. The third-order valence-corrected chi connectivity index (χ3v) is 4.99. The monoisotopic (exact) mass is 491 g/mol. The number of nitrogens with one attached hydrogen (secondary N) is 5. The molecule has 190 valence electrons. The van der Waals surface area contributed by atoms with Gasteiger partial charge in [-0.2, -0.15) is 0 Å². The molecule has 4 amide bonds. The maximum Gasteiger partial charge on any atom is 0.326 e. The highest BCUT2D eigenvalue weighted by Gasteiger charge is 2.29. The Hall–Kier alpha value is -4.27. The number of imidazole rings is 2. The Balaban J connectivity index is 1.99. The van der Waals surface area contributed by atoms with Crippen LogP contribution in [0.15, 0.2) is 25.0 Å². The number of amides is 4. The first-order valence-corrected chi connectivity index (χ1v) is 10.7. The van der Waals surface area contributed by atoms with Crippen LogP contribution in [-0.2, 0) is 36.8 Å². The number of rotatable bonds is 14. The van der Waals surface area contributed by atoms with Crippen molar-refractivity contribution < 1.29 is 29.1 Å². The molecule has 2 aromatic heterocycles. The first-order valence-electron chi connectivity index (χ1n) is 10.7. The Bertz CT molecular complexity index is 1010. The Morgan fingerprint density at radius 3 is 2.00 bits per heavy atom. The summed E-state index contributed by atoms with van der Waals surface area (Å²) in [7, 11) is 0. The van der Waals surface area contributed by atoms with Gasteiger partial charge in [-0.15, -0.1) is 0 Å². The summed E-state index contributed by atoms with van der Waals surface area (Å²) in [4.78, 5) is 73.8. The summed E-state index contributed by atoms with van der Waals surface area (Å²) in [5.41, 5.74) is 12.1. The van der Waals surface area contributed by atoms with Gasteiger partial charge >= 0.3 is 5.97 Å². The number of aromatic nitrogens is 4. The first kappa shape index (κ1) is 27.0. The standard InChI is InChI=1S/C20H29N9O6/c1-10(27-18(32)13(21)4-11-6-23-8-25-11)17(31)28-14(2-3-16(22)30)19(33)29-15(20(34)35)5-12-7-24-9-26-12/h6-10,13-15H,2-5,21H2,1H3,(H2,22,30)(H,23,25)(H,24,26)(H,27,32)(H,28,31)(H,29,33)(H,34,35). The van der Waals surface area contributed by atoms with E-state index in [1.165, 1.54) is 32.0 Å². The van der Waals surface area contributed by atoms with Crippen molar-refractivity contribution in [2.24, 2.45) is 11.5 Å². The molecule has 2 heterocycles. The van der Waals surface area contributed by atoms with E-state index >= 15 is 0 Å². The maximum absolute atomic E-state index is 12.8. The molecule has 0 bridgehead atoms. The fraction of sp³-hybridized carbons (Fsp3) is 0.450. The molecule has 2 rings (SSSR count). The summed E-state index contributed by atoms with van der Waals surface area (Å²) >= 11 is 0. The number of aromatic amines is 2. The summed E-state index contributed by atoms with van der Waals surface area (Å²) in [5.74, 6) is -4.20. The number of H-pyrrole nitrogens is 2. The third-order valence-electron chi connectivity index (χ3n) is 4.99. The van der Waals surface area contributed by atoms with Crippen LogP contribution in [0, 0.1) is 0 Å². The van der Waals surface area contributed by atoms with Crippen LogP contribution in [0.5, 0.6) is 0 Å². The lowest BCUT2D eigenvalue weighted by Crippen LogP contribution is -2.56. The second-order valence-corrected chi connectivity index (χ2v) is 7.86. The quantitative estimate of drug-likeness (QED) is 0.134. The van der Waals surface area contributed by atoms with E-state index in [2.05, 4.69) is 35.9 Å². The fourth-order valence-electron chi connectivity index (χ4n) is 3.05. The molecule has 0 radical (unpaired) electrons. The van der Waals surface area contributed by atoms with Crippen molar-refractivity contribution in [3.8, 4) is 0 Å². The number of carbonyl (C=O) groups is 5. The molecule has 0 saturated carbocycles. The van der Waals surface area contributed by atoms with Crippen molar-refractivity contribution >= 4 is 29.6 Å². The molecular weight excluding hydrogens is 462 g/mol. The van der Waals surface area contributed by atoms with Gasteiger partial charge in [0.25, 0.3) is 0 Å². The lowest BCUT2D eigenvalue weighted by atomic mass is 10.1. The predicted octanol–water partition coefficient (Wildman–Crippen LogP) is -2.93. The molecule has 10 N–H and O–H groups in total. The third kappa shape index (κ3) is 8.88. The van der Waals surface area contributed by atoms with Gasteiger partial charge in [0.2, 0.25) is 23.6 Å². The molecule has 0 aliphatic heterocycles. The lowest BCUT2D eigenvalue weighted by molar-refractivity contribution is -0.142. The van der Waals surface area contributed by atoms with Gasteiger partial charge in [0.15, 0.2) is 0 Å². The Morgan fingerprint density at radius 1 is 0.914 bits per heavy atom. The molecule has 15 heteroatoms. The Labute approximate surface area is 199 Å². The van der Waals surface area contributed by atoms with Crippen molar-refractivity contribution in [1.82, 2.24) is 35.9 Å². The predicted molar refractivity (Wildman–Crippen MR) is 120 cm³/mol. The van der Waals surface area contributed by atoms with Crippen LogP contribution in [0.25, 0.3) is 0 Å². The molecular formula is C20H29N9O6. The number of primary amides is 1.